The van der Waals surface area contributed by atoms with E-state index in [9.17, 15) is 15.2 Å². The number of furan rings is 1. The van der Waals surface area contributed by atoms with Crippen LogP contribution in [0.2, 0.25) is 0 Å². The van der Waals surface area contributed by atoms with E-state index < -0.39 is 10.5 Å². The molecule has 3 fully saturated rings. The number of nitro groups is 1. The number of hydrogen-bond acceptors (Lipinski definition) is 4. The summed E-state index contributed by atoms with van der Waals surface area (Å²) in [4.78, 5) is 10.5. The smallest absolute Gasteiger partial charge is 0.433 e. The Morgan fingerprint density at radius 3 is 1.84 bits per heavy atom. The van der Waals surface area contributed by atoms with Crippen LogP contribution >= 0.6 is 0 Å². The molecule has 0 radical (unpaired) electrons. The van der Waals surface area contributed by atoms with Crippen molar-refractivity contribution in [3.05, 3.63) is 99.8 Å². The maximum Gasteiger partial charge on any atom is 0.433 e. The molecule has 4 heterocycles. The molecule has 0 spiro atoms. The maximum absolute atomic E-state index is 12.4. The molecule has 0 aliphatic carbocycles. The molecule has 0 atom stereocenters. The van der Waals surface area contributed by atoms with E-state index >= 15 is 0 Å². The van der Waals surface area contributed by atoms with Crippen molar-refractivity contribution in [1.82, 2.24) is 0 Å². The van der Waals surface area contributed by atoms with E-state index in [0.717, 1.165) is 54.5 Å². The highest BCUT2D eigenvalue weighted by Gasteiger charge is 2.60. The van der Waals surface area contributed by atoms with E-state index in [0.29, 0.717) is 12.3 Å². The molecule has 168 valence electrons. The predicted molar refractivity (Wildman–Crippen MR) is 116 cm³/mol. The van der Waals surface area contributed by atoms with Gasteiger partial charge in [-0.2, -0.15) is 0 Å². The molecule has 3 saturated heterocycles. The Labute approximate surface area is 198 Å². The molecule has 1 aromatic heterocycles. The van der Waals surface area contributed by atoms with Crippen molar-refractivity contribution >= 4 is 5.88 Å². The molecule has 0 unspecified atom stereocenters. The summed E-state index contributed by atoms with van der Waals surface area (Å²) in [6.07, 6.45) is 2.70. The van der Waals surface area contributed by atoms with Gasteiger partial charge in [0.1, 0.15) is 17.1 Å². The first-order chi connectivity index (χ1) is 15.0. The molecule has 2 aromatic carbocycles. The van der Waals surface area contributed by atoms with Gasteiger partial charge in [0.15, 0.2) is 5.76 Å². The van der Waals surface area contributed by atoms with Crippen molar-refractivity contribution in [3.8, 4) is 0 Å². The summed E-state index contributed by atoms with van der Waals surface area (Å²) >= 11 is 0. The van der Waals surface area contributed by atoms with Crippen LogP contribution in [0.3, 0.4) is 0 Å². The van der Waals surface area contributed by atoms with Gasteiger partial charge in [-0.25, -0.2) is 0 Å². The zero-order valence-corrected chi connectivity index (χ0v) is 19.4. The molecule has 3 aliphatic rings. The Morgan fingerprint density at radius 1 is 0.906 bits per heavy atom. The molecule has 32 heavy (non-hydrogen) atoms. The molecular weight excluding hydrogens is 472 g/mol. The largest absolute Gasteiger partial charge is 1.00 e. The Kier molecular flexibility index (Phi) is 6.00. The average Bonchev–Trinajstić information content (AvgIpc) is 3.29. The molecule has 6 nitrogen and oxygen atoms in total. The number of halogens is 1. The zero-order valence-electron chi connectivity index (χ0n) is 17.8. The van der Waals surface area contributed by atoms with Gasteiger partial charge in [-0.1, -0.05) is 60.7 Å². The topological polar surface area (TPSA) is 76.5 Å². The van der Waals surface area contributed by atoms with Crippen LogP contribution in [0.5, 0.6) is 0 Å². The third-order valence-electron chi connectivity index (χ3n) is 7.66. The molecule has 1 N–H and O–H groups in total. The summed E-state index contributed by atoms with van der Waals surface area (Å²) in [5, 5.41) is 23.4. The highest BCUT2D eigenvalue weighted by Crippen LogP contribution is 2.57. The number of fused-ring (bicyclic) bond motifs is 3. The molecule has 6 rings (SSSR count). The van der Waals surface area contributed by atoms with Gasteiger partial charge in [0.25, 0.3) is 0 Å². The van der Waals surface area contributed by atoms with Gasteiger partial charge in [0.2, 0.25) is 0 Å². The SMILES string of the molecule is O=[N+]([O-])c1ccc(C[N+]23CCC(C(O)(c4ccccc4)c4ccccc4)(CC2)CC3)o1.[Br-]. The van der Waals surface area contributed by atoms with Crippen molar-refractivity contribution in [2.75, 3.05) is 19.6 Å². The van der Waals surface area contributed by atoms with E-state index in [-0.39, 0.29) is 28.3 Å². The molecule has 3 aliphatic heterocycles. The fraction of sp³-hybridized carbons (Fsp3) is 0.360. The third-order valence-corrected chi connectivity index (χ3v) is 7.66. The minimum Gasteiger partial charge on any atom is -1.00 e. The lowest BCUT2D eigenvalue weighted by molar-refractivity contribution is -0.959. The van der Waals surface area contributed by atoms with Gasteiger partial charge in [-0.05, 0) is 17.2 Å². The van der Waals surface area contributed by atoms with Gasteiger partial charge in [-0.3, -0.25) is 10.1 Å². The Morgan fingerprint density at radius 2 is 1.41 bits per heavy atom. The summed E-state index contributed by atoms with van der Waals surface area (Å²) < 4.78 is 6.33. The standard InChI is InChI=1S/C25H27N2O4.BrH/c28-25(20-7-3-1-4-8-20,21-9-5-2-6-10-21)24-13-16-27(17-14-24,18-15-24)19-22-11-12-23(31-22)26(29)30;/h1-12,28H,13-19H2;1H/q+1;/p-1. The minimum atomic E-state index is -1.05. The van der Waals surface area contributed by atoms with Crippen LogP contribution in [0.4, 0.5) is 5.88 Å². The van der Waals surface area contributed by atoms with Crippen molar-refractivity contribution in [2.24, 2.45) is 5.41 Å². The van der Waals surface area contributed by atoms with E-state index in [2.05, 4.69) is 0 Å². The summed E-state index contributed by atoms with van der Waals surface area (Å²) in [5.41, 5.74) is 0.620. The van der Waals surface area contributed by atoms with Gasteiger partial charge >= 0.3 is 5.88 Å². The van der Waals surface area contributed by atoms with Crippen LogP contribution in [-0.4, -0.2) is 34.1 Å². The molecule has 3 aromatic rings. The van der Waals surface area contributed by atoms with Gasteiger partial charge in [0.05, 0.1) is 25.7 Å². The number of quaternary nitrogens is 1. The number of hydrogen-bond donors (Lipinski definition) is 1. The second-order valence-electron chi connectivity index (χ2n) is 9.14. The third kappa shape index (κ3) is 3.58. The van der Waals surface area contributed by atoms with Crippen molar-refractivity contribution in [2.45, 2.75) is 31.4 Å². The summed E-state index contributed by atoms with van der Waals surface area (Å²) in [5.74, 6) is 0.474. The second-order valence-corrected chi connectivity index (χ2v) is 9.14. The maximum atomic E-state index is 12.4. The normalized spacial score (nSPS) is 24.7. The quantitative estimate of drug-likeness (QED) is 0.318. The van der Waals surface area contributed by atoms with Crippen LogP contribution in [-0.2, 0) is 12.1 Å². The lowest BCUT2D eigenvalue weighted by Gasteiger charge is -2.59. The number of benzene rings is 2. The van der Waals surface area contributed by atoms with Crippen LogP contribution in [0.15, 0.2) is 77.2 Å². The van der Waals surface area contributed by atoms with Crippen molar-refractivity contribution in [3.63, 3.8) is 0 Å². The van der Waals surface area contributed by atoms with E-state index in [1.54, 1.807) is 6.07 Å². The minimum absolute atomic E-state index is 0. The Balaban J connectivity index is 0.00000245. The lowest BCUT2D eigenvalue weighted by atomic mass is 9.56. The van der Waals surface area contributed by atoms with Gasteiger partial charge < -0.3 is 31.0 Å². The summed E-state index contributed by atoms with van der Waals surface area (Å²) in [6, 6.07) is 23.3. The fourth-order valence-corrected chi connectivity index (χ4v) is 5.86. The molecular formula is C25H27BrN2O4. The second kappa shape index (κ2) is 8.46. The first kappa shape index (κ1) is 22.7. The number of nitrogens with zero attached hydrogens (tertiary/aromatic N) is 2. The monoisotopic (exact) mass is 498 g/mol. The summed E-state index contributed by atoms with van der Waals surface area (Å²) in [6.45, 7) is 3.45. The fourth-order valence-electron chi connectivity index (χ4n) is 5.86. The van der Waals surface area contributed by atoms with Crippen molar-refractivity contribution < 1.29 is 35.9 Å². The molecule has 2 bridgehead atoms. The zero-order chi connectivity index (χ0) is 21.5. The van der Waals surface area contributed by atoms with Crippen molar-refractivity contribution in [1.29, 1.82) is 0 Å². The van der Waals surface area contributed by atoms with Gasteiger partial charge in [-0.15, -0.1) is 0 Å². The van der Waals surface area contributed by atoms with E-state index in [1.807, 2.05) is 60.7 Å². The van der Waals surface area contributed by atoms with Crippen LogP contribution in [0.1, 0.15) is 36.1 Å². The highest BCUT2D eigenvalue weighted by atomic mass is 79.9. The molecule has 0 saturated carbocycles. The highest BCUT2D eigenvalue weighted by molar-refractivity contribution is 5.39. The van der Waals surface area contributed by atoms with Crippen LogP contribution in [0.25, 0.3) is 0 Å². The molecule has 0 amide bonds. The first-order valence-electron chi connectivity index (χ1n) is 10.9. The Bertz CT molecular complexity index is 1020. The van der Waals surface area contributed by atoms with E-state index in [1.165, 1.54) is 6.07 Å². The number of aliphatic hydroxyl groups is 1. The lowest BCUT2D eigenvalue weighted by Crippen LogP contribution is -3.00. The predicted octanol–water partition coefficient (Wildman–Crippen LogP) is 1.63. The number of piperidine rings is 3. The number of rotatable bonds is 6. The van der Waals surface area contributed by atoms with E-state index in [4.69, 9.17) is 4.42 Å². The summed E-state index contributed by atoms with van der Waals surface area (Å²) in [7, 11) is 0. The Hall–Kier alpha value is -2.48. The van der Waals surface area contributed by atoms with Crippen LogP contribution < -0.4 is 17.0 Å². The van der Waals surface area contributed by atoms with Gasteiger partial charge in [0, 0.05) is 24.7 Å². The first-order valence-corrected chi connectivity index (χ1v) is 10.9. The van der Waals surface area contributed by atoms with Crippen LogP contribution in [0, 0.1) is 15.5 Å². The molecule has 7 heteroatoms. The average molecular weight is 499 g/mol.